The molecular formula is C19H23N5O2S. The number of amides is 1. The van der Waals surface area contributed by atoms with E-state index < -0.39 is 0 Å². The van der Waals surface area contributed by atoms with Gasteiger partial charge in [-0.05, 0) is 31.9 Å². The Kier molecular flexibility index (Phi) is 5.95. The van der Waals surface area contributed by atoms with Gasteiger partial charge in [0.2, 0.25) is 5.91 Å². The fourth-order valence-corrected chi connectivity index (χ4v) is 3.62. The Morgan fingerprint density at radius 3 is 2.85 bits per heavy atom. The molecule has 0 aliphatic carbocycles. The smallest absolute Gasteiger partial charge is 0.350 e. The van der Waals surface area contributed by atoms with Crippen molar-refractivity contribution in [2.45, 2.75) is 50.1 Å². The van der Waals surface area contributed by atoms with Crippen molar-refractivity contribution in [1.82, 2.24) is 24.5 Å². The van der Waals surface area contributed by atoms with Crippen LogP contribution in [0.5, 0.6) is 0 Å². The van der Waals surface area contributed by atoms with Crippen LogP contribution in [-0.4, -0.2) is 31.6 Å². The van der Waals surface area contributed by atoms with Gasteiger partial charge in [0.15, 0.2) is 5.65 Å². The van der Waals surface area contributed by atoms with Crippen LogP contribution in [0.4, 0.5) is 0 Å². The molecule has 0 saturated heterocycles. The predicted octanol–water partition coefficient (Wildman–Crippen LogP) is 2.58. The summed E-state index contributed by atoms with van der Waals surface area (Å²) < 4.78 is 2.61. The van der Waals surface area contributed by atoms with Crippen molar-refractivity contribution < 1.29 is 4.79 Å². The van der Waals surface area contributed by atoms with Crippen molar-refractivity contribution in [2.24, 2.45) is 0 Å². The number of hydrogen-bond donors (Lipinski definition) is 1. The van der Waals surface area contributed by atoms with E-state index in [1.807, 2.05) is 26.0 Å². The minimum absolute atomic E-state index is 0.0993. The standard InChI is InChI=1S/C19H23N5O2S/c1-4-5-8-20-16(25)12-24-19(26)23-10-9-21-18(17(23)22-24)27-15-7-6-13(2)11-14(15)3/h6-7,9-11H,4-5,8,12H2,1-3H3,(H,20,25). The summed E-state index contributed by atoms with van der Waals surface area (Å²) in [5.41, 5.74) is 2.44. The highest BCUT2D eigenvalue weighted by Crippen LogP contribution is 2.30. The second-order valence-corrected chi connectivity index (χ2v) is 7.47. The van der Waals surface area contributed by atoms with Crippen molar-refractivity contribution in [1.29, 1.82) is 0 Å². The average molecular weight is 385 g/mol. The lowest BCUT2D eigenvalue weighted by atomic mass is 10.2. The first kappa shape index (κ1) is 19.2. The highest BCUT2D eigenvalue weighted by molar-refractivity contribution is 7.99. The van der Waals surface area contributed by atoms with E-state index in [1.165, 1.54) is 26.4 Å². The largest absolute Gasteiger partial charge is 0.354 e. The molecule has 0 aliphatic rings. The van der Waals surface area contributed by atoms with E-state index >= 15 is 0 Å². The molecule has 2 heterocycles. The van der Waals surface area contributed by atoms with E-state index in [0.29, 0.717) is 17.2 Å². The highest BCUT2D eigenvalue weighted by atomic mass is 32.2. The number of carbonyl (C=O) groups excluding carboxylic acids is 1. The van der Waals surface area contributed by atoms with Crippen molar-refractivity contribution in [3.8, 4) is 0 Å². The van der Waals surface area contributed by atoms with Crippen LogP contribution in [0.3, 0.4) is 0 Å². The molecule has 0 radical (unpaired) electrons. The number of fused-ring (bicyclic) bond motifs is 1. The van der Waals surface area contributed by atoms with Gasteiger partial charge in [-0.1, -0.05) is 42.8 Å². The first-order chi connectivity index (χ1) is 13.0. The van der Waals surface area contributed by atoms with Gasteiger partial charge in [0, 0.05) is 23.8 Å². The van der Waals surface area contributed by atoms with Gasteiger partial charge in [0.1, 0.15) is 11.6 Å². The van der Waals surface area contributed by atoms with Crippen LogP contribution >= 0.6 is 11.8 Å². The van der Waals surface area contributed by atoms with Crippen LogP contribution < -0.4 is 11.0 Å². The lowest BCUT2D eigenvalue weighted by Crippen LogP contribution is -2.33. The van der Waals surface area contributed by atoms with Crippen LogP contribution in [0, 0.1) is 13.8 Å². The summed E-state index contributed by atoms with van der Waals surface area (Å²) in [7, 11) is 0. The number of benzene rings is 1. The third-order valence-corrected chi connectivity index (χ3v) is 5.31. The van der Waals surface area contributed by atoms with E-state index in [0.717, 1.165) is 23.3 Å². The fraction of sp³-hybridized carbons (Fsp3) is 0.368. The van der Waals surface area contributed by atoms with Crippen molar-refractivity contribution >= 4 is 23.3 Å². The Morgan fingerprint density at radius 2 is 2.11 bits per heavy atom. The maximum absolute atomic E-state index is 12.6. The van der Waals surface area contributed by atoms with Gasteiger partial charge >= 0.3 is 5.69 Å². The van der Waals surface area contributed by atoms with Gasteiger partial charge < -0.3 is 5.32 Å². The Labute approximate surface area is 161 Å². The molecule has 0 fully saturated rings. The lowest BCUT2D eigenvalue weighted by molar-refractivity contribution is -0.121. The number of rotatable bonds is 7. The zero-order chi connectivity index (χ0) is 19.4. The molecule has 0 aliphatic heterocycles. The predicted molar refractivity (Wildman–Crippen MR) is 105 cm³/mol. The number of nitrogens with one attached hydrogen (secondary N) is 1. The number of carbonyl (C=O) groups is 1. The molecule has 0 atom stereocenters. The Morgan fingerprint density at radius 1 is 1.30 bits per heavy atom. The molecule has 0 unspecified atom stereocenters. The topological polar surface area (TPSA) is 81.3 Å². The Hall–Kier alpha value is -2.61. The van der Waals surface area contributed by atoms with Gasteiger partial charge in [0.05, 0.1) is 0 Å². The first-order valence-electron chi connectivity index (χ1n) is 8.95. The molecular weight excluding hydrogens is 362 g/mol. The monoisotopic (exact) mass is 385 g/mol. The van der Waals surface area contributed by atoms with Crippen molar-refractivity contribution in [3.63, 3.8) is 0 Å². The number of aryl methyl sites for hydroxylation is 2. The third kappa shape index (κ3) is 4.39. The number of nitrogens with zero attached hydrogens (tertiary/aromatic N) is 4. The molecule has 1 N–H and O–H groups in total. The maximum atomic E-state index is 12.6. The summed E-state index contributed by atoms with van der Waals surface area (Å²) in [4.78, 5) is 30.0. The van der Waals surface area contributed by atoms with Crippen LogP contribution in [0.15, 0.2) is 45.3 Å². The molecule has 3 aromatic rings. The normalized spacial score (nSPS) is 11.1. The minimum Gasteiger partial charge on any atom is -0.354 e. The maximum Gasteiger partial charge on any atom is 0.350 e. The van der Waals surface area contributed by atoms with Crippen LogP contribution in [-0.2, 0) is 11.3 Å². The molecule has 142 valence electrons. The minimum atomic E-state index is -0.347. The molecule has 0 bridgehead atoms. The fourth-order valence-electron chi connectivity index (χ4n) is 2.72. The molecule has 8 heteroatoms. The van der Waals surface area contributed by atoms with E-state index in [4.69, 9.17) is 0 Å². The average Bonchev–Trinajstić information content (AvgIpc) is 2.95. The summed E-state index contributed by atoms with van der Waals surface area (Å²) in [6, 6.07) is 6.19. The van der Waals surface area contributed by atoms with Crippen molar-refractivity contribution in [2.75, 3.05) is 6.54 Å². The Bertz CT molecular complexity index is 1020. The van der Waals surface area contributed by atoms with Gasteiger partial charge in [-0.15, -0.1) is 5.10 Å². The van der Waals surface area contributed by atoms with Gasteiger partial charge in [-0.25, -0.2) is 18.9 Å². The van der Waals surface area contributed by atoms with Gasteiger partial charge in [-0.3, -0.25) is 4.79 Å². The number of aromatic nitrogens is 4. The van der Waals surface area contributed by atoms with Gasteiger partial charge in [0.25, 0.3) is 0 Å². The van der Waals surface area contributed by atoms with E-state index in [-0.39, 0.29) is 18.1 Å². The first-order valence-corrected chi connectivity index (χ1v) is 9.77. The summed E-state index contributed by atoms with van der Waals surface area (Å²) >= 11 is 1.46. The van der Waals surface area contributed by atoms with E-state index in [2.05, 4.69) is 28.4 Å². The van der Waals surface area contributed by atoms with Crippen LogP contribution in [0.1, 0.15) is 30.9 Å². The quantitative estimate of drug-likeness (QED) is 0.632. The zero-order valence-corrected chi connectivity index (χ0v) is 16.5. The van der Waals surface area contributed by atoms with E-state index in [9.17, 15) is 9.59 Å². The lowest BCUT2D eigenvalue weighted by Gasteiger charge is -2.06. The SMILES string of the molecule is CCCCNC(=O)Cn1nc2c(Sc3ccc(C)cc3C)nccn2c1=O. The highest BCUT2D eigenvalue weighted by Gasteiger charge is 2.15. The molecule has 7 nitrogen and oxygen atoms in total. The molecule has 0 spiro atoms. The molecule has 0 saturated carbocycles. The second-order valence-electron chi connectivity index (χ2n) is 6.44. The molecule has 2 aromatic heterocycles. The molecule has 1 aromatic carbocycles. The Balaban J connectivity index is 1.88. The summed E-state index contributed by atoms with van der Waals surface area (Å²) in [5.74, 6) is -0.217. The van der Waals surface area contributed by atoms with Gasteiger partial charge in [-0.2, -0.15) is 0 Å². The number of unbranched alkanes of at least 4 members (excludes halogenated alkanes) is 1. The summed E-state index contributed by atoms with van der Waals surface area (Å²) in [5, 5.41) is 7.78. The molecule has 3 rings (SSSR count). The summed E-state index contributed by atoms with van der Waals surface area (Å²) in [6.07, 6.45) is 5.06. The zero-order valence-electron chi connectivity index (χ0n) is 15.7. The van der Waals surface area contributed by atoms with Crippen molar-refractivity contribution in [3.05, 3.63) is 52.2 Å². The van der Waals surface area contributed by atoms with Crippen LogP contribution in [0.25, 0.3) is 5.65 Å². The van der Waals surface area contributed by atoms with E-state index in [1.54, 1.807) is 12.4 Å². The third-order valence-electron chi connectivity index (χ3n) is 4.15. The molecule has 1 amide bonds. The second kappa shape index (κ2) is 8.39. The molecule has 27 heavy (non-hydrogen) atoms. The summed E-state index contributed by atoms with van der Waals surface area (Å²) in [6.45, 7) is 6.65. The number of hydrogen-bond acceptors (Lipinski definition) is 5. The van der Waals surface area contributed by atoms with Crippen LogP contribution in [0.2, 0.25) is 0 Å².